The summed E-state index contributed by atoms with van der Waals surface area (Å²) in [6, 6.07) is 15.0. The highest BCUT2D eigenvalue weighted by atomic mass is 19.4. The molecule has 1 heterocycles. The second-order valence-corrected chi connectivity index (χ2v) is 9.87. The third kappa shape index (κ3) is 5.10. The predicted octanol–water partition coefficient (Wildman–Crippen LogP) is 6.18. The van der Waals surface area contributed by atoms with E-state index in [0.717, 1.165) is 5.56 Å². The second-order valence-electron chi connectivity index (χ2n) is 9.87. The number of para-hydroxylation sites is 2. The highest BCUT2D eigenvalue weighted by molar-refractivity contribution is 6.07. The van der Waals surface area contributed by atoms with E-state index in [1.165, 1.54) is 45.6 Å². The molecule has 220 valence electrons. The highest BCUT2D eigenvalue weighted by Crippen LogP contribution is 2.50. The molecule has 0 spiro atoms. The summed E-state index contributed by atoms with van der Waals surface area (Å²) >= 11 is 0. The van der Waals surface area contributed by atoms with Crippen molar-refractivity contribution in [3.8, 4) is 23.0 Å². The van der Waals surface area contributed by atoms with E-state index in [0.29, 0.717) is 22.8 Å². The Balaban J connectivity index is 1.76. The van der Waals surface area contributed by atoms with Crippen LogP contribution in [0, 0.1) is 0 Å². The summed E-state index contributed by atoms with van der Waals surface area (Å²) in [4.78, 5) is 27.9. The molecule has 42 heavy (non-hydrogen) atoms. The number of alkyl halides is 3. The minimum absolute atomic E-state index is 0.0260. The fraction of sp³-hybridized carbons (Fsp3) is 0.290. The molecule has 8 nitrogen and oxygen atoms in total. The maximum atomic E-state index is 14.2. The zero-order chi connectivity index (χ0) is 30.2. The normalized spacial score (nSPS) is 18.4. The van der Waals surface area contributed by atoms with Crippen molar-refractivity contribution in [1.82, 2.24) is 0 Å². The molecule has 5 rings (SSSR count). The van der Waals surface area contributed by atoms with Crippen molar-refractivity contribution in [1.29, 1.82) is 0 Å². The number of fused-ring (bicyclic) bond motifs is 1. The summed E-state index contributed by atoms with van der Waals surface area (Å²) in [5.41, 5.74) is 1.79. The molecule has 2 atom stereocenters. The summed E-state index contributed by atoms with van der Waals surface area (Å²) in [6.45, 7) is 0. The molecule has 0 bridgehead atoms. The van der Waals surface area contributed by atoms with Gasteiger partial charge >= 0.3 is 12.1 Å². The van der Waals surface area contributed by atoms with E-state index in [2.05, 4.69) is 5.32 Å². The van der Waals surface area contributed by atoms with Gasteiger partial charge in [-0.1, -0.05) is 24.3 Å². The lowest BCUT2D eigenvalue weighted by atomic mass is 9.78. The standard InChI is InChI=1S/C31H29F3N2O6/c1-39-20-11-9-17(10-12-20)18-13-22-27(24(37)14-18)28(19-15-25(40-2)29(42-4)26(16-19)41-3)36(30(38)31(32,33)34)23-8-6-5-7-21(23)35-22/h5-12,15-16,18,28,35H,13-14H2,1-4H3/t18-,28+/m1/s1. The van der Waals surface area contributed by atoms with Gasteiger partial charge in [-0.25, -0.2) is 0 Å². The first-order valence-corrected chi connectivity index (χ1v) is 13.1. The lowest BCUT2D eigenvalue weighted by Gasteiger charge is -2.35. The molecule has 0 fully saturated rings. The summed E-state index contributed by atoms with van der Waals surface area (Å²) < 4.78 is 64.3. The van der Waals surface area contributed by atoms with Gasteiger partial charge < -0.3 is 24.3 Å². The van der Waals surface area contributed by atoms with Crippen LogP contribution in [0.5, 0.6) is 23.0 Å². The number of Topliss-reactive ketones (excluding diaryl/α,β-unsaturated/α-hetero) is 1. The van der Waals surface area contributed by atoms with E-state index in [1.807, 2.05) is 12.1 Å². The number of nitrogens with zero attached hydrogens (tertiary/aromatic N) is 1. The number of anilines is 2. The van der Waals surface area contributed by atoms with E-state index >= 15 is 0 Å². The maximum Gasteiger partial charge on any atom is 0.471 e. The molecule has 0 unspecified atom stereocenters. The lowest BCUT2D eigenvalue weighted by Crippen LogP contribution is -2.45. The molecule has 1 aliphatic heterocycles. The number of rotatable bonds is 6. The number of amides is 1. The van der Waals surface area contributed by atoms with Crippen molar-refractivity contribution in [3.63, 3.8) is 0 Å². The summed E-state index contributed by atoms with van der Waals surface area (Å²) in [5, 5.41) is 3.22. The average molecular weight is 583 g/mol. The van der Waals surface area contributed by atoms with E-state index in [9.17, 15) is 22.8 Å². The molecular weight excluding hydrogens is 553 g/mol. The lowest BCUT2D eigenvalue weighted by molar-refractivity contribution is -0.170. The van der Waals surface area contributed by atoms with Gasteiger partial charge in [0.05, 0.1) is 45.9 Å². The Labute approximate surface area is 240 Å². The fourth-order valence-electron chi connectivity index (χ4n) is 5.64. The quantitative estimate of drug-likeness (QED) is 0.371. The fourth-order valence-corrected chi connectivity index (χ4v) is 5.64. The monoisotopic (exact) mass is 582 g/mol. The van der Waals surface area contributed by atoms with Crippen molar-refractivity contribution in [2.75, 3.05) is 38.7 Å². The molecule has 11 heteroatoms. The largest absolute Gasteiger partial charge is 0.497 e. The zero-order valence-corrected chi connectivity index (χ0v) is 23.4. The number of carbonyl (C=O) groups is 2. The van der Waals surface area contributed by atoms with Crippen LogP contribution >= 0.6 is 0 Å². The molecule has 0 aromatic heterocycles. The first-order valence-electron chi connectivity index (χ1n) is 13.1. The number of methoxy groups -OCH3 is 4. The molecule has 0 saturated heterocycles. The third-order valence-electron chi connectivity index (χ3n) is 7.54. The Hall–Kier alpha value is -4.67. The van der Waals surface area contributed by atoms with Crippen LogP contribution < -0.4 is 29.2 Å². The Bertz CT molecular complexity index is 1530. The number of hydrogen-bond donors (Lipinski definition) is 1. The highest BCUT2D eigenvalue weighted by Gasteiger charge is 2.50. The Morgan fingerprint density at radius 2 is 1.50 bits per heavy atom. The maximum absolute atomic E-state index is 14.2. The average Bonchev–Trinajstić information content (AvgIpc) is 3.14. The number of allylic oxidation sites excluding steroid dienone is 1. The number of halogens is 3. The van der Waals surface area contributed by atoms with Gasteiger partial charge in [0.2, 0.25) is 5.75 Å². The van der Waals surface area contributed by atoms with Crippen molar-refractivity contribution in [2.24, 2.45) is 0 Å². The van der Waals surface area contributed by atoms with Gasteiger partial charge in [0, 0.05) is 17.7 Å². The van der Waals surface area contributed by atoms with Gasteiger partial charge in [-0.15, -0.1) is 0 Å². The van der Waals surface area contributed by atoms with Crippen molar-refractivity contribution >= 4 is 23.1 Å². The van der Waals surface area contributed by atoms with Crippen LogP contribution in [-0.4, -0.2) is 46.3 Å². The van der Waals surface area contributed by atoms with Crippen LogP contribution in [0.15, 0.2) is 71.9 Å². The number of ketones is 1. The van der Waals surface area contributed by atoms with Gasteiger partial charge in [0.15, 0.2) is 17.3 Å². The number of ether oxygens (including phenoxy) is 4. The molecular formula is C31H29F3N2O6. The van der Waals surface area contributed by atoms with Crippen molar-refractivity contribution < 1.29 is 41.7 Å². The van der Waals surface area contributed by atoms with Gasteiger partial charge in [-0.3, -0.25) is 14.5 Å². The molecule has 3 aromatic carbocycles. The van der Waals surface area contributed by atoms with Gasteiger partial charge in [0.1, 0.15) is 5.75 Å². The topological polar surface area (TPSA) is 86.3 Å². The minimum Gasteiger partial charge on any atom is -0.497 e. The van der Waals surface area contributed by atoms with Crippen molar-refractivity contribution in [2.45, 2.75) is 31.0 Å². The van der Waals surface area contributed by atoms with Gasteiger partial charge in [-0.2, -0.15) is 13.2 Å². The van der Waals surface area contributed by atoms with E-state index in [-0.39, 0.29) is 52.1 Å². The van der Waals surface area contributed by atoms with Crippen LogP contribution in [0.3, 0.4) is 0 Å². The van der Waals surface area contributed by atoms with Crippen LogP contribution in [0.2, 0.25) is 0 Å². The molecule has 2 aliphatic rings. The number of benzene rings is 3. The third-order valence-corrected chi connectivity index (χ3v) is 7.54. The first kappa shape index (κ1) is 28.8. The molecule has 1 aliphatic carbocycles. The Morgan fingerprint density at radius 3 is 2.07 bits per heavy atom. The molecule has 1 N–H and O–H groups in total. The smallest absolute Gasteiger partial charge is 0.471 e. The van der Waals surface area contributed by atoms with E-state index in [1.54, 1.807) is 31.4 Å². The Kier molecular flexibility index (Phi) is 7.77. The van der Waals surface area contributed by atoms with E-state index < -0.39 is 23.9 Å². The minimum atomic E-state index is -5.24. The molecule has 1 amide bonds. The van der Waals surface area contributed by atoms with Crippen LogP contribution in [0.4, 0.5) is 24.5 Å². The SMILES string of the molecule is COc1ccc([C@H]2CC(=O)C3=C(C2)Nc2ccccc2N(C(=O)C(F)(F)F)[C@H]3c2cc(OC)c(OC)c(OC)c2)cc1. The Morgan fingerprint density at radius 1 is 0.857 bits per heavy atom. The van der Waals surface area contributed by atoms with Crippen LogP contribution in [-0.2, 0) is 9.59 Å². The molecule has 0 radical (unpaired) electrons. The number of carbonyl (C=O) groups excluding carboxylic acids is 2. The molecule has 0 saturated carbocycles. The molecule has 3 aromatic rings. The van der Waals surface area contributed by atoms with E-state index in [4.69, 9.17) is 18.9 Å². The number of hydrogen-bond acceptors (Lipinski definition) is 7. The first-order chi connectivity index (χ1) is 20.1. The predicted molar refractivity (Wildman–Crippen MR) is 149 cm³/mol. The summed E-state index contributed by atoms with van der Waals surface area (Å²) in [6.07, 6.45) is -4.89. The second kappa shape index (κ2) is 11.3. The zero-order valence-electron chi connectivity index (χ0n) is 23.4. The van der Waals surface area contributed by atoms with Crippen LogP contribution in [0.25, 0.3) is 0 Å². The van der Waals surface area contributed by atoms with Crippen molar-refractivity contribution in [3.05, 3.63) is 83.1 Å². The van der Waals surface area contributed by atoms with Gasteiger partial charge in [0.25, 0.3) is 0 Å². The number of nitrogens with one attached hydrogen (secondary N) is 1. The summed E-state index contributed by atoms with van der Waals surface area (Å²) in [7, 11) is 5.70. The van der Waals surface area contributed by atoms with Crippen LogP contribution in [0.1, 0.15) is 35.9 Å². The van der Waals surface area contributed by atoms with Gasteiger partial charge in [-0.05, 0) is 59.9 Å². The summed E-state index contributed by atoms with van der Waals surface area (Å²) in [5.74, 6) is -1.56.